The van der Waals surface area contributed by atoms with E-state index < -0.39 is 23.9 Å². The van der Waals surface area contributed by atoms with Crippen LogP contribution in [0.4, 0.5) is 26.1 Å². The van der Waals surface area contributed by atoms with E-state index in [-0.39, 0.29) is 29.0 Å². The molecule has 0 aliphatic heterocycles. The summed E-state index contributed by atoms with van der Waals surface area (Å²) in [7, 11) is 0. The van der Waals surface area contributed by atoms with Crippen LogP contribution in [-0.2, 0) is 0 Å². The van der Waals surface area contributed by atoms with Crippen molar-refractivity contribution in [3.8, 4) is 6.07 Å². The molecule has 1 aliphatic carbocycles. The standard InChI is InChI=1S/C22H25ClF2N6O2/c1-22(2,33)18(25)11-29-21(32)15-10-27-19(7-17(15)30-14-4-3-13(24)6-14)31-20-16(23)5-12(8-26)9-28-20/h5,7,9-10,13-14,18,33H,3-4,6,11H2,1-2H3,(H,29,32)(H2,27,28,30,31)/t13?,14?,18-/m1/s1. The minimum atomic E-state index is -1.67. The van der Waals surface area contributed by atoms with Crippen LogP contribution in [0.2, 0.25) is 5.02 Å². The van der Waals surface area contributed by atoms with Crippen LogP contribution in [0.25, 0.3) is 0 Å². The highest BCUT2D eigenvalue weighted by atomic mass is 35.5. The number of amides is 1. The van der Waals surface area contributed by atoms with E-state index in [0.29, 0.717) is 36.3 Å². The number of anilines is 3. The zero-order valence-corrected chi connectivity index (χ0v) is 19.0. The normalized spacial score (nSPS) is 18.9. The average Bonchev–Trinajstić information content (AvgIpc) is 3.17. The summed E-state index contributed by atoms with van der Waals surface area (Å²) in [5.41, 5.74) is -0.780. The van der Waals surface area contributed by atoms with E-state index >= 15 is 0 Å². The Morgan fingerprint density at radius 2 is 2.12 bits per heavy atom. The average molecular weight is 479 g/mol. The first kappa shape index (κ1) is 24.6. The molecule has 176 valence electrons. The number of aliphatic hydroxyl groups is 1. The van der Waals surface area contributed by atoms with Crippen molar-refractivity contribution in [2.24, 2.45) is 0 Å². The van der Waals surface area contributed by atoms with Gasteiger partial charge in [0.2, 0.25) is 0 Å². The van der Waals surface area contributed by atoms with Crippen LogP contribution in [0.1, 0.15) is 49.0 Å². The number of carbonyl (C=O) groups excluding carboxylic acids is 1. The number of rotatable bonds is 8. The van der Waals surface area contributed by atoms with Gasteiger partial charge in [0.05, 0.1) is 34.0 Å². The molecule has 1 fully saturated rings. The molecule has 0 radical (unpaired) electrons. The van der Waals surface area contributed by atoms with Gasteiger partial charge in [-0.05, 0) is 39.2 Å². The van der Waals surface area contributed by atoms with Crippen LogP contribution < -0.4 is 16.0 Å². The number of nitrogens with one attached hydrogen (secondary N) is 3. The molecule has 0 bridgehead atoms. The van der Waals surface area contributed by atoms with E-state index in [4.69, 9.17) is 16.9 Å². The largest absolute Gasteiger partial charge is 0.387 e. The van der Waals surface area contributed by atoms with Crippen molar-refractivity contribution < 1.29 is 18.7 Å². The highest BCUT2D eigenvalue weighted by Gasteiger charge is 2.28. The third kappa shape index (κ3) is 6.49. The van der Waals surface area contributed by atoms with E-state index in [1.54, 1.807) is 6.07 Å². The second-order valence-electron chi connectivity index (χ2n) is 8.49. The summed E-state index contributed by atoms with van der Waals surface area (Å²) in [6.07, 6.45) is 1.40. The van der Waals surface area contributed by atoms with Crippen molar-refractivity contribution in [1.82, 2.24) is 15.3 Å². The molecule has 8 nitrogen and oxygen atoms in total. The van der Waals surface area contributed by atoms with Gasteiger partial charge in [-0.25, -0.2) is 18.7 Å². The van der Waals surface area contributed by atoms with Gasteiger partial charge in [0, 0.05) is 24.5 Å². The SMILES string of the molecule is CC(C)(O)[C@H](F)CNC(=O)c1cnc(Nc2ncc(C#N)cc2Cl)cc1NC1CCC(F)C1. The molecule has 3 rings (SSSR count). The van der Waals surface area contributed by atoms with Crippen LogP contribution in [0.5, 0.6) is 0 Å². The van der Waals surface area contributed by atoms with E-state index in [2.05, 4.69) is 25.9 Å². The van der Waals surface area contributed by atoms with Crippen LogP contribution >= 0.6 is 11.6 Å². The van der Waals surface area contributed by atoms with E-state index in [1.807, 2.05) is 6.07 Å². The second-order valence-corrected chi connectivity index (χ2v) is 8.90. The molecule has 0 aromatic carbocycles. The van der Waals surface area contributed by atoms with Crippen molar-refractivity contribution in [2.75, 3.05) is 17.2 Å². The summed E-state index contributed by atoms with van der Waals surface area (Å²) in [6, 6.07) is 4.77. The Balaban J connectivity index is 1.83. The minimum Gasteiger partial charge on any atom is -0.387 e. The van der Waals surface area contributed by atoms with Crippen molar-refractivity contribution >= 4 is 34.8 Å². The van der Waals surface area contributed by atoms with Gasteiger partial charge in [0.1, 0.15) is 30.0 Å². The third-order valence-corrected chi connectivity index (χ3v) is 5.59. The molecule has 1 aliphatic rings. The molecule has 33 heavy (non-hydrogen) atoms. The summed E-state index contributed by atoms with van der Waals surface area (Å²) < 4.78 is 27.7. The van der Waals surface area contributed by atoms with Crippen molar-refractivity contribution in [1.29, 1.82) is 5.26 Å². The number of hydrogen-bond acceptors (Lipinski definition) is 7. The Hall–Kier alpha value is -3.03. The lowest BCUT2D eigenvalue weighted by Gasteiger charge is -2.23. The Morgan fingerprint density at radius 1 is 1.36 bits per heavy atom. The van der Waals surface area contributed by atoms with Gasteiger partial charge in [0.25, 0.3) is 5.91 Å². The van der Waals surface area contributed by atoms with Gasteiger partial charge in [-0.2, -0.15) is 5.26 Å². The Labute approximate surface area is 195 Å². The number of nitriles is 1. The number of nitrogens with zero attached hydrogens (tertiary/aromatic N) is 3. The van der Waals surface area contributed by atoms with Gasteiger partial charge in [0.15, 0.2) is 0 Å². The van der Waals surface area contributed by atoms with Crippen LogP contribution in [0, 0.1) is 11.3 Å². The molecular weight excluding hydrogens is 454 g/mol. The monoisotopic (exact) mass is 478 g/mol. The number of carbonyl (C=O) groups is 1. The van der Waals surface area contributed by atoms with Gasteiger partial charge >= 0.3 is 0 Å². The maximum Gasteiger partial charge on any atom is 0.255 e. The molecule has 11 heteroatoms. The third-order valence-electron chi connectivity index (χ3n) is 5.30. The van der Waals surface area contributed by atoms with Gasteiger partial charge in [-0.15, -0.1) is 0 Å². The first-order valence-electron chi connectivity index (χ1n) is 10.4. The van der Waals surface area contributed by atoms with Crippen molar-refractivity contribution in [3.05, 3.63) is 40.7 Å². The first-order chi connectivity index (χ1) is 15.6. The van der Waals surface area contributed by atoms with Crippen molar-refractivity contribution in [3.63, 3.8) is 0 Å². The molecule has 0 spiro atoms. The highest BCUT2D eigenvalue weighted by molar-refractivity contribution is 6.33. The smallest absolute Gasteiger partial charge is 0.255 e. The lowest BCUT2D eigenvalue weighted by molar-refractivity contribution is -0.00177. The lowest BCUT2D eigenvalue weighted by atomic mass is 10.0. The fraction of sp³-hybridized carbons (Fsp3) is 0.455. The van der Waals surface area contributed by atoms with Crippen LogP contribution in [-0.4, -0.2) is 51.5 Å². The molecule has 2 unspecified atom stereocenters. The van der Waals surface area contributed by atoms with Crippen LogP contribution in [0.15, 0.2) is 24.5 Å². The lowest BCUT2D eigenvalue weighted by Crippen LogP contribution is -2.42. The molecule has 0 saturated heterocycles. The number of pyridine rings is 2. The fourth-order valence-electron chi connectivity index (χ4n) is 3.34. The molecule has 4 N–H and O–H groups in total. The molecule has 3 atom stereocenters. The second kappa shape index (κ2) is 10.3. The number of hydrogen-bond donors (Lipinski definition) is 4. The maximum absolute atomic E-state index is 14.1. The van der Waals surface area contributed by atoms with Crippen LogP contribution in [0.3, 0.4) is 0 Å². The van der Waals surface area contributed by atoms with Gasteiger partial charge in [-0.1, -0.05) is 11.6 Å². The molecule has 1 saturated carbocycles. The number of aromatic nitrogens is 2. The fourth-order valence-corrected chi connectivity index (χ4v) is 3.55. The molecule has 1 amide bonds. The Kier molecular flexibility index (Phi) is 7.66. The maximum atomic E-state index is 14.1. The van der Waals surface area contributed by atoms with Gasteiger partial charge < -0.3 is 21.1 Å². The zero-order chi connectivity index (χ0) is 24.2. The highest BCUT2D eigenvalue weighted by Crippen LogP contribution is 2.29. The molecule has 2 aromatic rings. The molecule has 2 heterocycles. The summed E-state index contributed by atoms with van der Waals surface area (Å²) in [5.74, 6) is -0.0166. The van der Waals surface area contributed by atoms with E-state index in [0.717, 1.165) is 0 Å². The number of alkyl halides is 2. The van der Waals surface area contributed by atoms with E-state index in [1.165, 1.54) is 32.3 Å². The zero-order valence-electron chi connectivity index (χ0n) is 18.2. The summed E-state index contributed by atoms with van der Waals surface area (Å²) in [4.78, 5) is 21.0. The summed E-state index contributed by atoms with van der Waals surface area (Å²) >= 11 is 6.16. The number of halogens is 3. The quantitative estimate of drug-likeness (QED) is 0.454. The Bertz CT molecular complexity index is 1060. The summed E-state index contributed by atoms with van der Waals surface area (Å²) in [6.45, 7) is 2.24. The minimum absolute atomic E-state index is 0.143. The van der Waals surface area contributed by atoms with E-state index in [9.17, 15) is 18.7 Å². The van der Waals surface area contributed by atoms with Crippen molar-refractivity contribution in [2.45, 2.75) is 57.1 Å². The predicted octanol–water partition coefficient (Wildman–Crippen LogP) is 3.89. The van der Waals surface area contributed by atoms with Gasteiger partial charge in [-0.3, -0.25) is 4.79 Å². The molecule has 2 aromatic heterocycles. The Morgan fingerprint density at radius 3 is 2.73 bits per heavy atom. The topological polar surface area (TPSA) is 123 Å². The first-order valence-corrected chi connectivity index (χ1v) is 10.8. The molecular formula is C22H25ClF2N6O2. The predicted molar refractivity (Wildman–Crippen MR) is 121 cm³/mol. The summed E-state index contributed by atoms with van der Waals surface area (Å²) in [5, 5.41) is 27.5.